The molecule has 1 aromatic rings. The van der Waals surface area contributed by atoms with Gasteiger partial charge in [0.1, 0.15) is 0 Å². The summed E-state index contributed by atoms with van der Waals surface area (Å²) in [6.07, 6.45) is 4.10. The summed E-state index contributed by atoms with van der Waals surface area (Å²) in [5, 5.41) is 10.2. The number of aliphatic hydroxyl groups is 1. The number of β-amino-alcohol motifs (C(OH)–C–C–N with tert-alkyl or cyclic N) is 1. The molecule has 1 saturated heterocycles. The SMILES string of the molecule is NCCCN1CCN(CC(O)c2ccncc2)CC1. The molecule has 0 radical (unpaired) electrons. The molecule has 1 unspecified atom stereocenters. The van der Waals surface area contributed by atoms with E-state index in [2.05, 4.69) is 14.8 Å². The molecule has 19 heavy (non-hydrogen) atoms. The molecule has 0 aliphatic carbocycles. The van der Waals surface area contributed by atoms with Crippen LogP contribution in [-0.4, -0.2) is 65.7 Å². The lowest BCUT2D eigenvalue weighted by Crippen LogP contribution is -2.47. The van der Waals surface area contributed by atoms with Gasteiger partial charge in [-0.25, -0.2) is 0 Å². The number of pyridine rings is 1. The number of piperazine rings is 1. The topological polar surface area (TPSA) is 65.6 Å². The molecule has 0 saturated carbocycles. The minimum absolute atomic E-state index is 0.418. The minimum atomic E-state index is -0.418. The van der Waals surface area contributed by atoms with Crippen LogP contribution in [0, 0.1) is 0 Å². The highest BCUT2D eigenvalue weighted by Gasteiger charge is 2.19. The molecular formula is C14H24N4O. The third-order valence-corrected chi connectivity index (χ3v) is 3.67. The van der Waals surface area contributed by atoms with Crippen molar-refractivity contribution in [3.8, 4) is 0 Å². The van der Waals surface area contributed by atoms with Crippen molar-refractivity contribution in [3.05, 3.63) is 30.1 Å². The first-order valence-corrected chi connectivity index (χ1v) is 7.02. The van der Waals surface area contributed by atoms with Gasteiger partial charge in [-0.05, 0) is 37.2 Å². The van der Waals surface area contributed by atoms with E-state index in [-0.39, 0.29) is 0 Å². The Morgan fingerprint density at radius 2 is 1.79 bits per heavy atom. The predicted octanol–water partition coefficient (Wildman–Crippen LogP) is 0.0814. The van der Waals surface area contributed by atoms with Crippen LogP contribution in [-0.2, 0) is 0 Å². The quantitative estimate of drug-likeness (QED) is 0.762. The zero-order chi connectivity index (χ0) is 13.5. The lowest BCUT2D eigenvalue weighted by atomic mass is 10.1. The van der Waals surface area contributed by atoms with Crippen LogP contribution in [0.5, 0.6) is 0 Å². The van der Waals surface area contributed by atoms with E-state index in [4.69, 9.17) is 5.73 Å². The predicted molar refractivity (Wildman–Crippen MR) is 75.7 cm³/mol. The van der Waals surface area contributed by atoms with Gasteiger partial charge in [-0.3, -0.25) is 9.88 Å². The Hall–Kier alpha value is -1.01. The molecule has 0 bridgehead atoms. The molecule has 1 aliphatic rings. The number of nitrogens with zero attached hydrogens (tertiary/aromatic N) is 3. The summed E-state index contributed by atoms with van der Waals surface area (Å²) in [7, 11) is 0. The van der Waals surface area contributed by atoms with E-state index in [0.29, 0.717) is 6.54 Å². The summed E-state index contributed by atoms with van der Waals surface area (Å²) in [6, 6.07) is 3.75. The van der Waals surface area contributed by atoms with Crippen LogP contribution in [0.4, 0.5) is 0 Å². The van der Waals surface area contributed by atoms with Crippen molar-refractivity contribution in [2.75, 3.05) is 45.8 Å². The molecule has 0 aromatic carbocycles. The first-order valence-electron chi connectivity index (χ1n) is 7.02. The fraction of sp³-hybridized carbons (Fsp3) is 0.643. The van der Waals surface area contributed by atoms with Crippen LogP contribution in [0.1, 0.15) is 18.1 Å². The van der Waals surface area contributed by atoms with Gasteiger partial charge in [-0.15, -0.1) is 0 Å². The van der Waals surface area contributed by atoms with E-state index in [9.17, 15) is 5.11 Å². The van der Waals surface area contributed by atoms with Crippen molar-refractivity contribution < 1.29 is 5.11 Å². The highest BCUT2D eigenvalue weighted by atomic mass is 16.3. The molecule has 1 aromatic heterocycles. The molecule has 0 amide bonds. The van der Waals surface area contributed by atoms with Crippen LogP contribution in [0.15, 0.2) is 24.5 Å². The molecule has 106 valence electrons. The maximum atomic E-state index is 10.2. The molecule has 5 nitrogen and oxygen atoms in total. The van der Waals surface area contributed by atoms with E-state index < -0.39 is 6.10 Å². The Bertz CT molecular complexity index is 352. The van der Waals surface area contributed by atoms with Crippen molar-refractivity contribution in [3.63, 3.8) is 0 Å². The van der Waals surface area contributed by atoms with Gasteiger partial charge in [0, 0.05) is 45.1 Å². The third-order valence-electron chi connectivity index (χ3n) is 3.67. The maximum absolute atomic E-state index is 10.2. The molecule has 1 atom stereocenters. The van der Waals surface area contributed by atoms with E-state index in [0.717, 1.165) is 51.3 Å². The van der Waals surface area contributed by atoms with Gasteiger partial charge in [0.25, 0.3) is 0 Å². The molecule has 1 fully saturated rings. The Morgan fingerprint density at radius 3 is 2.42 bits per heavy atom. The zero-order valence-corrected chi connectivity index (χ0v) is 11.4. The number of rotatable bonds is 6. The van der Waals surface area contributed by atoms with E-state index in [1.807, 2.05) is 12.1 Å². The van der Waals surface area contributed by atoms with Crippen LogP contribution >= 0.6 is 0 Å². The van der Waals surface area contributed by atoms with Crippen molar-refractivity contribution in [2.24, 2.45) is 5.73 Å². The minimum Gasteiger partial charge on any atom is -0.387 e. The van der Waals surface area contributed by atoms with Gasteiger partial charge in [0.05, 0.1) is 6.10 Å². The Kier molecular flexibility index (Phi) is 5.72. The smallest absolute Gasteiger partial charge is 0.0918 e. The Labute approximate surface area is 115 Å². The van der Waals surface area contributed by atoms with Crippen LogP contribution in [0.25, 0.3) is 0 Å². The lowest BCUT2D eigenvalue weighted by Gasteiger charge is -2.35. The Balaban J connectivity index is 1.73. The fourth-order valence-electron chi connectivity index (χ4n) is 2.45. The standard InChI is InChI=1S/C14H24N4O/c15-4-1-7-17-8-10-18(11-9-17)12-14(19)13-2-5-16-6-3-13/h2-3,5-6,14,19H,1,4,7-12,15H2. The van der Waals surface area contributed by atoms with Crippen molar-refractivity contribution in [1.29, 1.82) is 0 Å². The number of nitrogens with two attached hydrogens (primary N) is 1. The highest BCUT2D eigenvalue weighted by Crippen LogP contribution is 2.14. The van der Waals surface area contributed by atoms with Gasteiger partial charge < -0.3 is 15.7 Å². The van der Waals surface area contributed by atoms with Gasteiger partial charge in [0.15, 0.2) is 0 Å². The summed E-state index contributed by atoms with van der Waals surface area (Å²) in [5.74, 6) is 0. The molecular weight excluding hydrogens is 240 g/mol. The zero-order valence-electron chi connectivity index (χ0n) is 11.4. The molecule has 5 heteroatoms. The molecule has 2 rings (SSSR count). The number of aliphatic hydroxyl groups excluding tert-OH is 1. The molecule has 0 spiro atoms. The summed E-state index contributed by atoms with van der Waals surface area (Å²) in [5.41, 5.74) is 6.47. The largest absolute Gasteiger partial charge is 0.387 e. The summed E-state index contributed by atoms with van der Waals surface area (Å²) >= 11 is 0. The number of aromatic nitrogens is 1. The molecule has 2 heterocycles. The first-order chi connectivity index (χ1) is 9.29. The summed E-state index contributed by atoms with van der Waals surface area (Å²) < 4.78 is 0. The summed E-state index contributed by atoms with van der Waals surface area (Å²) in [4.78, 5) is 8.74. The van der Waals surface area contributed by atoms with Crippen molar-refractivity contribution >= 4 is 0 Å². The normalized spacial score (nSPS) is 19.5. The average Bonchev–Trinajstić information content (AvgIpc) is 2.47. The van der Waals surface area contributed by atoms with E-state index in [1.165, 1.54) is 0 Å². The highest BCUT2D eigenvalue weighted by molar-refractivity contribution is 5.13. The Morgan fingerprint density at radius 1 is 1.16 bits per heavy atom. The van der Waals surface area contributed by atoms with Gasteiger partial charge in [-0.2, -0.15) is 0 Å². The van der Waals surface area contributed by atoms with E-state index >= 15 is 0 Å². The maximum Gasteiger partial charge on any atom is 0.0918 e. The first kappa shape index (κ1) is 14.4. The van der Waals surface area contributed by atoms with Crippen LogP contribution in [0.3, 0.4) is 0 Å². The summed E-state index contributed by atoms with van der Waals surface area (Å²) in [6.45, 7) is 6.75. The second-order valence-electron chi connectivity index (χ2n) is 5.08. The van der Waals surface area contributed by atoms with Crippen LogP contribution < -0.4 is 5.73 Å². The average molecular weight is 264 g/mol. The second-order valence-corrected chi connectivity index (χ2v) is 5.08. The van der Waals surface area contributed by atoms with Gasteiger partial charge >= 0.3 is 0 Å². The monoisotopic (exact) mass is 264 g/mol. The van der Waals surface area contributed by atoms with Crippen molar-refractivity contribution in [1.82, 2.24) is 14.8 Å². The van der Waals surface area contributed by atoms with E-state index in [1.54, 1.807) is 12.4 Å². The third kappa shape index (κ3) is 4.54. The number of hydrogen-bond donors (Lipinski definition) is 2. The van der Waals surface area contributed by atoms with Gasteiger partial charge in [-0.1, -0.05) is 0 Å². The fourth-order valence-corrected chi connectivity index (χ4v) is 2.45. The van der Waals surface area contributed by atoms with Gasteiger partial charge in [0.2, 0.25) is 0 Å². The van der Waals surface area contributed by atoms with Crippen molar-refractivity contribution in [2.45, 2.75) is 12.5 Å². The second kappa shape index (κ2) is 7.55. The molecule has 3 N–H and O–H groups in total. The lowest BCUT2D eigenvalue weighted by molar-refractivity contribution is 0.0724. The number of hydrogen-bond acceptors (Lipinski definition) is 5. The van der Waals surface area contributed by atoms with Crippen LogP contribution in [0.2, 0.25) is 0 Å². The molecule has 1 aliphatic heterocycles.